The molecule has 5 heteroatoms. The highest BCUT2D eigenvalue weighted by Gasteiger charge is 2.30. The van der Waals surface area contributed by atoms with Crippen LogP contribution in [0, 0.1) is 11.5 Å². The van der Waals surface area contributed by atoms with Crippen molar-refractivity contribution in [2.24, 2.45) is 5.41 Å². The number of rotatable bonds is 5. The van der Waals surface area contributed by atoms with Gasteiger partial charge in [-0.3, -0.25) is 4.18 Å². The average molecular weight is 279 g/mol. The van der Waals surface area contributed by atoms with Gasteiger partial charge in [0.1, 0.15) is 0 Å². The number of allylic oxidation sites excluding steroid dienone is 3. The summed E-state index contributed by atoms with van der Waals surface area (Å²) in [6.07, 6.45) is 8.61. The van der Waals surface area contributed by atoms with Gasteiger partial charge in [0, 0.05) is 5.41 Å². The summed E-state index contributed by atoms with van der Waals surface area (Å²) in [5, 5.41) is 9.43. The molecule has 0 fully saturated rings. The van der Waals surface area contributed by atoms with Gasteiger partial charge < -0.3 is 5.11 Å². The molecule has 4 nitrogen and oxygen atoms in total. The first-order valence-electron chi connectivity index (χ1n) is 5.89. The second-order valence-electron chi connectivity index (χ2n) is 4.47. The van der Waals surface area contributed by atoms with Gasteiger partial charge in [0.2, 0.25) is 0 Å². The molecule has 1 aliphatic carbocycles. The Morgan fingerprint density at radius 3 is 2.63 bits per heavy atom. The fourth-order valence-corrected chi connectivity index (χ4v) is 2.77. The molecule has 19 heavy (non-hydrogen) atoms. The van der Waals surface area contributed by atoms with E-state index in [9.17, 15) is 13.5 Å². The summed E-state index contributed by atoms with van der Waals surface area (Å²) in [7, 11) is -3.79. The number of benzene rings is 1. The van der Waals surface area contributed by atoms with Crippen molar-refractivity contribution in [3.63, 3.8) is 0 Å². The third-order valence-electron chi connectivity index (χ3n) is 2.98. The lowest BCUT2D eigenvalue weighted by Crippen LogP contribution is -2.31. The molecule has 0 aromatic heterocycles. The Balaban J connectivity index is 2.10. The quantitative estimate of drug-likeness (QED) is 0.833. The highest BCUT2D eigenvalue weighted by atomic mass is 32.2. The van der Waals surface area contributed by atoms with Gasteiger partial charge in [-0.2, -0.15) is 8.42 Å². The van der Waals surface area contributed by atoms with E-state index in [1.807, 2.05) is 6.08 Å². The van der Waals surface area contributed by atoms with Crippen LogP contribution < -0.4 is 0 Å². The molecule has 1 aromatic rings. The monoisotopic (exact) mass is 279 g/mol. The van der Waals surface area contributed by atoms with Crippen LogP contribution >= 0.6 is 0 Å². The van der Waals surface area contributed by atoms with E-state index in [0.717, 1.165) is 0 Å². The molecule has 0 spiro atoms. The van der Waals surface area contributed by atoms with Crippen LogP contribution in [0.3, 0.4) is 0 Å². The normalized spacial score (nSPS) is 22.6. The summed E-state index contributed by atoms with van der Waals surface area (Å²) < 4.78 is 29.0. The molecule has 2 rings (SSSR count). The molecule has 1 aromatic carbocycles. The molecule has 0 heterocycles. The third kappa shape index (κ3) is 3.32. The molecule has 0 saturated carbocycles. The molecule has 0 saturated heterocycles. The van der Waals surface area contributed by atoms with E-state index in [1.54, 1.807) is 30.4 Å². The zero-order chi connectivity index (χ0) is 13.8. The number of aliphatic hydroxyl groups is 1. The van der Waals surface area contributed by atoms with E-state index >= 15 is 0 Å². The van der Waals surface area contributed by atoms with Crippen LogP contribution in [0.15, 0.2) is 53.5 Å². The van der Waals surface area contributed by atoms with Crippen molar-refractivity contribution in [3.8, 4) is 0 Å². The van der Waals surface area contributed by atoms with Gasteiger partial charge in [-0.25, -0.2) is 0 Å². The van der Waals surface area contributed by atoms with E-state index in [2.05, 4.69) is 6.08 Å². The predicted molar refractivity (Wildman–Crippen MR) is 70.7 cm³/mol. The van der Waals surface area contributed by atoms with E-state index < -0.39 is 15.5 Å². The van der Waals surface area contributed by atoms with Crippen LogP contribution in [0.4, 0.5) is 0 Å². The second kappa shape index (κ2) is 5.69. The fourth-order valence-electron chi connectivity index (χ4n) is 1.75. The van der Waals surface area contributed by atoms with Gasteiger partial charge in [-0.05, 0) is 24.6 Å². The molecule has 1 atom stereocenters. The fraction of sp³-hybridized carbons (Fsp3) is 0.286. The Morgan fingerprint density at radius 2 is 2.05 bits per heavy atom. The zero-order valence-corrected chi connectivity index (χ0v) is 11.1. The third-order valence-corrected chi connectivity index (χ3v) is 4.25. The van der Waals surface area contributed by atoms with Crippen molar-refractivity contribution < 1.29 is 17.7 Å². The molecule has 0 bridgehead atoms. The Bertz CT molecular complexity index is 575. The molecule has 1 aliphatic rings. The molecule has 1 N–H and O–H groups in total. The molecule has 0 amide bonds. The Kier molecular flexibility index (Phi) is 4.19. The first-order chi connectivity index (χ1) is 9.08. The molecular formula is C14H15O4S. The molecule has 0 aliphatic heterocycles. The van der Waals surface area contributed by atoms with E-state index in [1.165, 1.54) is 12.1 Å². The largest absolute Gasteiger partial charge is 0.395 e. The first-order valence-corrected chi connectivity index (χ1v) is 7.30. The van der Waals surface area contributed by atoms with Crippen molar-refractivity contribution in [1.29, 1.82) is 0 Å². The summed E-state index contributed by atoms with van der Waals surface area (Å²) in [4.78, 5) is 0.113. The molecule has 1 radical (unpaired) electrons. The van der Waals surface area contributed by atoms with E-state index in [0.29, 0.717) is 6.42 Å². The molecular weight excluding hydrogens is 264 g/mol. The van der Waals surface area contributed by atoms with Gasteiger partial charge in [0.25, 0.3) is 10.1 Å². The first kappa shape index (κ1) is 14.0. The SMILES string of the molecule is O=S(=O)(OCC1(CO)C=[C]C=CC1)c1ccccc1. The van der Waals surface area contributed by atoms with Gasteiger partial charge in [-0.15, -0.1) is 0 Å². The molecule has 1 unspecified atom stereocenters. The van der Waals surface area contributed by atoms with Crippen LogP contribution in [0.1, 0.15) is 6.42 Å². The van der Waals surface area contributed by atoms with Crippen molar-refractivity contribution in [1.82, 2.24) is 0 Å². The maximum absolute atomic E-state index is 12.0. The van der Waals surface area contributed by atoms with Gasteiger partial charge in [0.15, 0.2) is 0 Å². The highest BCUT2D eigenvalue weighted by molar-refractivity contribution is 7.86. The van der Waals surface area contributed by atoms with Crippen LogP contribution in [0.2, 0.25) is 0 Å². The maximum atomic E-state index is 12.0. The van der Waals surface area contributed by atoms with E-state index in [-0.39, 0.29) is 18.1 Å². The highest BCUT2D eigenvalue weighted by Crippen LogP contribution is 2.28. The lowest BCUT2D eigenvalue weighted by atomic mass is 9.83. The van der Waals surface area contributed by atoms with Crippen LogP contribution in [0.25, 0.3) is 0 Å². The van der Waals surface area contributed by atoms with E-state index in [4.69, 9.17) is 4.18 Å². The number of aliphatic hydroxyl groups excluding tert-OH is 1. The Labute approximate surface area is 113 Å². The summed E-state index contributed by atoms with van der Waals surface area (Å²) in [6, 6.07) is 7.95. The molecule has 101 valence electrons. The van der Waals surface area contributed by atoms with Crippen LogP contribution in [0.5, 0.6) is 0 Å². The maximum Gasteiger partial charge on any atom is 0.297 e. The minimum atomic E-state index is -3.79. The summed E-state index contributed by atoms with van der Waals surface area (Å²) in [5.41, 5.74) is -0.712. The summed E-state index contributed by atoms with van der Waals surface area (Å²) in [5.74, 6) is 0. The Morgan fingerprint density at radius 1 is 1.32 bits per heavy atom. The Hall–Kier alpha value is -1.43. The lowest BCUT2D eigenvalue weighted by Gasteiger charge is -2.27. The summed E-state index contributed by atoms with van der Waals surface area (Å²) >= 11 is 0. The van der Waals surface area contributed by atoms with Crippen molar-refractivity contribution >= 4 is 10.1 Å². The topological polar surface area (TPSA) is 63.6 Å². The van der Waals surface area contributed by atoms with Gasteiger partial charge in [0.05, 0.1) is 18.1 Å². The van der Waals surface area contributed by atoms with Crippen molar-refractivity contribution in [3.05, 3.63) is 54.6 Å². The summed E-state index contributed by atoms with van der Waals surface area (Å²) in [6.45, 7) is -0.285. The predicted octanol–water partition coefficient (Wildman–Crippen LogP) is 1.69. The van der Waals surface area contributed by atoms with Crippen molar-refractivity contribution in [2.45, 2.75) is 11.3 Å². The standard InChI is InChI=1S/C14H15O4S/c15-11-14(9-5-2-6-10-14)12-18-19(16,17)13-7-3-1-4-8-13/h1-5,7-8,10,15H,9,11-12H2. The lowest BCUT2D eigenvalue weighted by molar-refractivity contribution is 0.110. The number of hydrogen-bond donors (Lipinski definition) is 1. The van der Waals surface area contributed by atoms with Crippen molar-refractivity contribution in [2.75, 3.05) is 13.2 Å². The van der Waals surface area contributed by atoms with Crippen LogP contribution in [-0.2, 0) is 14.3 Å². The van der Waals surface area contributed by atoms with Gasteiger partial charge in [-0.1, -0.05) is 36.4 Å². The van der Waals surface area contributed by atoms with Gasteiger partial charge >= 0.3 is 0 Å². The zero-order valence-electron chi connectivity index (χ0n) is 10.3. The second-order valence-corrected chi connectivity index (χ2v) is 6.08. The minimum absolute atomic E-state index is 0.0991. The smallest absolute Gasteiger partial charge is 0.297 e. The van der Waals surface area contributed by atoms with Crippen LogP contribution in [-0.4, -0.2) is 26.7 Å². The number of hydrogen-bond acceptors (Lipinski definition) is 4. The minimum Gasteiger partial charge on any atom is -0.395 e. The average Bonchev–Trinajstić information content (AvgIpc) is 2.47.